The van der Waals surface area contributed by atoms with Crippen LogP contribution in [0.4, 0.5) is 5.69 Å². The van der Waals surface area contributed by atoms with E-state index in [1.165, 1.54) is 5.69 Å². The van der Waals surface area contributed by atoms with E-state index in [4.69, 9.17) is 4.42 Å². The number of furan rings is 1. The van der Waals surface area contributed by atoms with Gasteiger partial charge >= 0.3 is 0 Å². The van der Waals surface area contributed by atoms with Gasteiger partial charge in [0.25, 0.3) is 5.56 Å². The number of aromatic nitrogens is 1. The Labute approximate surface area is 199 Å². The van der Waals surface area contributed by atoms with Gasteiger partial charge in [0, 0.05) is 37.6 Å². The number of anilines is 1. The van der Waals surface area contributed by atoms with Gasteiger partial charge in [0.1, 0.15) is 11.5 Å². The molecule has 5 rings (SSSR count). The van der Waals surface area contributed by atoms with E-state index in [1.54, 1.807) is 16.9 Å². The second-order valence-corrected chi connectivity index (χ2v) is 8.73. The minimum absolute atomic E-state index is 0.0394. The predicted molar refractivity (Wildman–Crippen MR) is 133 cm³/mol. The maximum atomic E-state index is 13.8. The number of rotatable bonds is 6. The zero-order valence-electron chi connectivity index (χ0n) is 19.3. The molecule has 1 saturated heterocycles. The van der Waals surface area contributed by atoms with Gasteiger partial charge in [0.2, 0.25) is 0 Å². The van der Waals surface area contributed by atoms with E-state index in [1.807, 2.05) is 55.5 Å². The number of pyridine rings is 1. The Balaban J connectivity index is 1.52. The Bertz CT molecular complexity index is 1280. The molecule has 0 bridgehead atoms. The molecule has 2 aromatic heterocycles. The van der Waals surface area contributed by atoms with Gasteiger partial charge in [0.15, 0.2) is 0 Å². The molecule has 0 radical (unpaired) electrons. The standard InChI is InChI=1S/C28H29N3O3/c1-21-19-25(32)26(28(33)31(21)20-24-13-8-18-34-24)27(22-9-4-2-5-10-22)30-16-14-29(15-17-30)23-11-6-3-7-12-23/h2-13,18-19,27,32H,14-17,20H2,1H3/t27-/m1/s1. The zero-order chi connectivity index (χ0) is 23.5. The quantitative estimate of drug-likeness (QED) is 0.467. The van der Waals surface area contributed by atoms with Gasteiger partial charge in [0.05, 0.1) is 24.4 Å². The number of aryl methyl sites for hydroxylation is 1. The molecular weight excluding hydrogens is 426 g/mol. The molecule has 2 aromatic carbocycles. The molecule has 3 heterocycles. The molecule has 34 heavy (non-hydrogen) atoms. The van der Waals surface area contributed by atoms with Crippen LogP contribution in [0.15, 0.2) is 94.3 Å². The van der Waals surface area contributed by atoms with Gasteiger partial charge < -0.3 is 19.0 Å². The monoisotopic (exact) mass is 455 g/mol. The third-order valence-electron chi connectivity index (χ3n) is 6.61. The first-order valence-electron chi connectivity index (χ1n) is 11.7. The van der Waals surface area contributed by atoms with Gasteiger partial charge in [-0.2, -0.15) is 0 Å². The molecule has 0 unspecified atom stereocenters. The summed E-state index contributed by atoms with van der Waals surface area (Å²) in [5, 5.41) is 11.0. The van der Waals surface area contributed by atoms with Crippen LogP contribution in [0.5, 0.6) is 5.75 Å². The van der Waals surface area contributed by atoms with Crippen LogP contribution in [-0.4, -0.2) is 40.8 Å². The van der Waals surface area contributed by atoms with Crippen LogP contribution >= 0.6 is 0 Å². The molecular formula is C28H29N3O3. The minimum Gasteiger partial charge on any atom is -0.507 e. The molecule has 1 N–H and O–H groups in total. The maximum absolute atomic E-state index is 13.8. The van der Waals surface area contributed by atoms with E-state index < -0.39 is 0 Å². The van der Waals surface area contributed by atoms with E-state index in [0.717, 1.165) is 31.7 Å². The van der Waals surface area contributed by atoms with Crippen molar-refractivity contribution < 1.29 is 9.52 Å². The Morgan fingerprint density at radius 1 is 0.912 bits per heavy atom. The summed E-state index contributed by atoms with van der Waals surface area (Å²) >= 11 is 0. The Morgan fingerprint density at radius 2 is 1.59 bits per heavy atom. The highest BCUT2D eigenvalue weighted by atomic mass is 16.3. The molecule has 6 heteroatoms. The summed E-state index contributed by atoms with van der Waals surface area (Å²) in [6.45, 7) is 5.41. The van der Waals surface area contributed by atoms with Crippen LogP contribution in [0.3, 0.4) is 0 Å². The van der Waals surface area contributed by atoms with E-state index in [2.05, 4.69) is 34.1 Å². The van der Waals surface area contributed by atoms with E-state index >= 15 is 0 Å². The fourth-order valence-corrected chi connectivity index (χ4v) is 4.85. The third-order valence-corrected chi connectivity index (χ3v) is 6.61. The van der Waals surface area contributed by atoms with Crippen molar-refractivity contribution in [2.24, 2.45) is 0 Å². The fourth-order valence-electron chi connectivity index (χ4n) is 4.85. The second-order valence-electron chi connectivity index (χ2n) is 8.73. The summed E-state index contributed by atoms with van der Waals surface area (Å²) < 4.78 is 7.18. The lowest BCUT2D eigenvalue weighted by molar-refractivity contribution is 0.207. The lowest BCUT2D eigenvalue weighted by Gasteiger charge is -2.40. The van der Waals surface area contributed by atoms with Crippen LogP contribution in [-0.2, 0) is 6.54 Å². The molecule has 1 fully saturated rings. The third kappa shape index (κ3) is 4.37. The molecule has 0 aliphatic carbocycles. The van der Waals surface area contributed by atoms with Crippen LogP contribution in [0.25, 0.3) is 0 Å². The first-order valence-corrected chi connectivity index (χ1v) is 11.7. The number of hydrogen-bond acceptors (Lipinski definition) is 5. The van der Waals surface area contributed by atoms with Gasteiger partial charge in [-0.25, -0.2) is 0 Å². The molecule has 0 spiro atoms. The maximum Gasteiger partial charge on any atom is 0.260 e. The van der Waals surface area contributed by atoms with Crippen LogP contribution in [0.2, 0.25) is 0 Å². The number of benzene rings is 2. The van der Waals surface area contributed by atoms with E-state index in [9.17, 15) is 9.90 Å². The minimum atomic E-state index is -0.338. The van der Waals surface area contributed by atoms with Gasteiger partial charge in [-0.1, -0.05) is 48.5 Å². The van der Waals surface area contributed by atoms with Gasteiger partial charge in [-0.3, -0.25) is 9.69 Å². The second kappa shape index (κ2) is 9.61. The SMILES string of the molecule is Cc1cc(O)c([C@@H](c2ccccc2)N2CCN(c3ccccc3)CC2)c(=O)n1Cc1ccco1. The Morgan fingerprint density at radius 3 is 2.24 bits per heavy atom. The smallest absolute Gasteiger partial charge is 0.260 e. The van der Waals surface area contributed by atoms with Gasteiger partial charge in [-0.05, 0) is 42.8 Å². The van der Waals surface area contributed by atoms with Crippen LogP contribution in [0, 0.1) is 6.92 Å². The summed E-state index contributed by atoms with van der Waals surface area (Å²) in [4.78, 5) is 18.5. The summed E-state index contributed by atoms with van der Waals surface area (Å²) in [5.74, 6) is 0.743. The van der Waals surface area contributed by atoms with Crippen molar-refractivity contribution in [1.29, 1.82) is 0 Å². The van der Waals surface area contributed by atoms with Crippen molar-refractivity contribution in [3.8, 4) is 5.75 Å². The lowest BCUT2D eigenvalue weighted by atomic mass is 9.96. The highest BCUT2D eigenvalue weighted by Gasteiger charge is 2.31. The Hall–Kier alpha value is -3.77. The summed E-state index contributed by atoms with van der Waals surface area (Å²) in [7, 11) is 0. The number of nitrogens with zero attached hydrogens (tertiary/aromatic N) is 3. The number of piperazine rings is 1. The number of aromatic hydroxyl groups is 1. The fraction of sp³-hybridized carbons (Fsp3) is 0.250. The normalized spacial score (nSPS) is 15.4. The zero-order valence-corrected chi connectivity index (χ0v) is 19.3. The van der Waals surface area contributed by atoms with Crippen molar-refractivity contribution in [3.63, 3.8) is 0 Å². The Kier molecular flexibility index (Phi) is 6.23. The van der Waals surface area contributed by atoms with E-state index in [0.29, 0.717) is 23.6 Å². The van der Waals surface area contributed by atoms with Crippen LogP contribution in [0.1, 0.15) is 28.6 Å². The number of para-hydroxylation sites is 1. The van der Waals surface area contributed by atoms with Gasteiger partial charge in [-0.15, -0.1) is 0 Å². The first-order chi connectivity index (χ1) is 16.6. The first kappa shape index (κ1) is 22.0. The van der Waals surface area contributed by atoms with Crippen LogP contribution < -0.4 is 10.5 Å². The molecule has 6 nitrogen and oxygen atoms in total. The predicted octanol–water partition coefficient (Wildman–Crippen LogP) is 4.42. The van der Waals surface area contributed by atoms with Crippen molar-refractivity contribution in [3.05, 3.63) is 118 Å². The van der Waals surface area contributed by atoms with E-state index in [-0.39, 0.29) is 17.4 Å². The van der Waals surface area contributed by atoms with Crippen molar-refractivity contribution in [2.75, 3.05) is 31.1 Å². The average molecular weight is 456 g/mol. The topological polar surface area (TPSA) is 61.9 Å². The molecule has 1 aliphatic heterocycles. The molecule has 0 amide bonds. The summed E-state index contributed by atoms with van der Waals surface area (Å²) in [6.07, 6.45) is 1.61. The highest BCUT2D eigenvalue weighted by molar-refractivity contribution is 5.47. The summed E-state index contributed by atoms with van der Waals surface area (Å²) in [5.41, 5.74) is 3.13. The molecule has 1 aliphatic rings. The summed E-state index contributed by atoms with van der Waals surface area (Å²) in [6, 6.07) is 25.4. The largest absolute Gasteiger partial charge is 0.507 e. The number of hydrogen-bond donors (Lipinski definition) is 1. The molecule has 174 valence electrons. The lowest BCUT2D eigenvalue weighted by Crippen LogP contribution is -2.49. The molecule has 4 aromatic rings. The molecule has 1 atom stereocenters. The average Bonchev–Trinajstić information content (AvgIpc) is 3.39. The molecule has 0 saturated carbocycles. The highest BCUT2D eigenvalue weighted by Crippen LogP contribution is 2.33. The van der Waals surface area contributed by atoms with Crippen molar-refractivity contribution in [1.82, 2.24) is 9.47 Å². The van der Waals surface area contributed by atoms with Crippen molar-refractivity contribution >= 4 is 5.69 Å². The van der Waals surface area contributed by atoms with Crippen molar-refractivity contribution in [2.45, 2.75) is 19.5 Å².